The Balaban J connectivity index is 1.95. The zero-order chi connectivity index (χ0) is 22.1. The molecule has 1 aliphatic rings. The minimum absolute atomic E-state index is 0.0268. The number of carbonyl (C=O) groups excluding carboxylic acids is 2. The lowest BCUT2D eigenvalue weighted by Gasteiger charge is -2.24. The Morgan fingerprint density at radius 3 is 2.71 bits per heavy atom. The SMILES string of the molecule is COCCN1C(=O)C(=O)/C(=C(/O)c2cc(OC)ccc2Cl)C1c1c[nH]c2ccccc12. The van der Waals surface area contributed by atoms with E-state index in [-0.39, 0.29) is 35.1 Å². The number of halogens is 1. The van der Waals surface area contributed by atoms with E-state index in [1.807, 2.05) is 24.3 Å². The number of aromatic amines is 1. The maximum Gasteiger partial charge on any atom is 0.295 e. The van der Waals surface area contributed by atoms with Crippen LogP contribution in [-0.4, -0.2) is 54.1 Å². The molecule has 31 heavy (non-hydrogen) atoms. The number of para-hydroxylation sites is 1. The molecule has 2 heterocycles. The largest absolute Gasteiger partial charge is 0.507 e. The fourth-order valence-corrected chi connectivity index (χ4v) is 4.11. The van der Waals surface area contributed by atoms with Crippen molar-refractivity contribution < 1.29 is 24.2 Å². The van der Waals surface area contributed by atoms with E-state index < -0.39 is 17.7 Å². The lowest BCUT2D eigenvalue weighted by Crippen LogP contribution is -2.32. The van der Waals surface area contributed by atoms with Crippen LogP contribution in [0.4, 0.5) is 0 Å². The third kappa shape index (κ3) is 3.56. The Morgan fingerprint density at radius 2 is 1.97 bits per heavy atom. The lowest BCUT2D eigenvalue weighted by atomic mass is 9.95. The number of fused-ring (bicyclic) bond motifs is 1. The number of likely N-dealkylation sites (tertiary alicyclic amines) is 1. The van der Waals surface area contributed by atoms with Crippen LogP contribution in [0, 0.1) is 0 Å². The molecule has 1 amide bonds. The third-order valence-electron chi connectivity index (χ3n) is 5.42. The normalized spacial score (nSPS) is 18.2. The van der Waals surface area contributed by atoms with Crippen molar-refractivity contribution in [3.8, 4) is 5.75 Å². The zero-order valence-electron chi connectivity index (χ0n) is 17.0. The summed E-state index contributed by atoms with van der Waals surface area (Å²) in [5, 5.41) is 12.3. The number of nitrogens with zero attached hydrogens (tertiary/aromatic N) is 1. The number of nitrogens with one attached hydrogen (secondary N) is 1. The highest BCUT2D eigenvalue weighted by molar-refractivity contribution is 6.47. The Kier molecular flexibility index (Phi) is 5.71. The Morgan fingerprint density at radius 1 is 1.19 bits per heavy atom. The topological polar surface area (TPSA) is 91.9 Å². The molecule has 0 radical (unpaired) electrons. The number of H-pyrrole nitrogens is 1. The van der Waals surface area contributed by atoms with Crippen molar-refractivity contribution in [3.05, 3.63) is 70.4 Å². The highest BCUT2D eigenvalue weighted by Crippen LogP contribution is 2.43. The van der Waals surface area contributed by atoms with Crippen molar-refractivity contribution in [1.29, 1.82) is 0 Å². The van der Waals surface area contributed by atoms with E-state index in [0.717, 1.165) is 10.9 Å². The fraction of sp³-hybridized carbons (Fsp3) is 0.217. The first-order chi connectivity index (χ1) is 15.0. The second kappa shape index (κ2) is 8.45. The van der Waals surface area contributed by atoms with Gasteiger partial charge in [-0.05, 0) is 24.3 Å². The first-order valence-corrected chi connectivity index (χ1v) is 10.0. The summed E-state index contributed by atoms with van der Waals surface area (Å²) in [6.45, 7) is 0.430. The van der Waals surface area contributed by atoms with Crippen LogP contribution in [0.1, 0.15) is 17.2 Å². The summed E-state index contributed by atoms with van der Waals surface area (Å²) in [5.41, 5.74) is 1.75. The van der Waals surface area contributed by atoms with Crippen LogP contribution in [0.5, 0.6) is 5.75 Å². The number of hydrogen-bond acceptors (Lipinski definition) is 5. The molecule has 3 aromatic rings. The minimum Gasteiger partial charge on any atom is -0.507 e. The summed E-state index contributed by atoms with van der Waals surface area (Å²) >= 11 is 6.31. The number of amides is 1. The van der Waals surface area contributed by atoms with E-state index in [2.05, 4.69) is 4.98 Å². The molecule has 1 fully saturated rings. The molecule has 1 aromatic heterocycles. The molecule has 1 unspecified atom stereocenters. The second-order valence-corrected chi connectivity index (χ2v) is 7.53. The molecule has 7 nitrogen and oxygen atoms in total. The zero-order valence-corrected chi connectivity index (χ0v) is 17.8. The van der Waals surface area contributed by atoms with Gasteiger partial charge in [-0.1, -0.05) is 29.8 Å². The Labute approximate surface area is 183 Å². The predicted octanol–water partition coefficient (Wildman–Crippen LogP) is 3.90. The van der Waals surface area contributed by atoms with Crippen LogP contribution in [-0.2, 0) is 14.3 Å². The lowest BCUT2D eigenvalue weighted by molar-refractivity contribution is -0.140. The molecule has 1 saturated heterocycles. The number of methoxy groups -OCH3 is 2. The summed E-state index contributed by atoms with van der Waals surface area (Å²) in [6.07, 6.45) is 1.75. The van der Waals surface area contributed by atoms with Crippen molar-refractivity contribution in [1.82, 2.24) is 9.88 Å². The van der Waals surface area contributed by atoms with E-state index in [0.29, 0.717) is 11.3 Å². The molecule has 2 aromatic carbocycles. The quantitative estimate of drug-likeness (QED) is 0.344. The number of rotatable bonds is 6. The molecule has 0 bridgehead atoms. The fourth-order valence-electron chi connectivity index (χ4n) is 3.90. The van der Waals surface area contributed by atoms with Gasteiger partial charge in [0.05, 0.1) is 30.4 Å². The average Bonchev–Trinajstić information content (AvgIpc) is 3.31. The summed E-state index contributed by atoms with van der Waals surface area (Å²) in [5.74, 6) is -1.36. The number of benzene rings is 2. The van der Waals surface area contributed by atoms with E-state index >= 15 is 0 Å². The van der Waals surface area contributed by atoms with E-state index in [1.165, 1.54) is 25.2 Å². The standard InChI is InChI=1S/C23H21ClN2O5/c1-30-10-9-26-20(16-12-25-18-6-4-3-5-14(16)18)19(22(28)23(26)29)21(27)15-11-13(31-2)7-8-17(15)24/h3-8,11-12,20,25,27H,9-10H2,1-2H3/b21-19+. The maximum absolute atomic E-state index is 13.1. The molecule has 2 N–H and O–H groups in total. The van der Waals surface area contributed by atoms with Gasteiger partial charge in [0, 0.05) is 41.9 Å². The highest BCUT2D eigenvalue weighted by atomic mass is 35.5. The molecular formula is C23H21ClN2O5. The number of hydrogen-bond donors (Lipinski definition) is 2. The average molecular weight is 441 g/mol. The van der Waals surface area contributed by atoms with Gasteiger partial charge in [-0.2, -0.15) is 0 Å². The van der Waals surface area contributed by atoms with Crippen molar-refractivity contribution in [2.45, 2.75) is 6.04 Å². The van der Waals surface area contributed by atoms with Gasteiger partial charge < -0.3 is 24.5 Å². The van der Waals surface area contributed by atoms with E-state index in [9.17, 15) is 14.7 Å². The van der Waals surface area contributed by atoms with Crippen LogP contribution in [0.25, 0.3) is 16.7 Å². The van der Waals surface area contributed by atoms with Gasteiger partial charge in [-0.25, -0.2) is 0 Å². The molecule has 1 atom stereocenters. The summed E-state index contributed by atoms with van der Waals surface area (Å²) < 4.78 is 10.4. The monoisotopic (exact) mass is 440 g/mol. The molecule has 1 aliphatic heterocycles. The minimum atomic E-state index is -0.798. The molecule has 8 heteroatoms. The molecule has 0 spiro atoms. The van der Waals surface area contributed by atoms with Gasteiger partial charge in [-0.3, -0.25) is 9.59 Å². The molecular weight excluding hydrogens is 420 g/mol. The summed E-state index contributed by atoms with van der Waals surface area (Å²) in [6, 6.07) is 11.5. The number of Topliss-reactive ketones (excluding diaryl/α,β-unsaturated/α-hetero) is 1. The number of carbonyl (C=O) groups is 2. The van der Waals surface area contributed by atoms with Gasteiger partial charge in [-0.15, -0.1) is 0 Å². The molecule has 160 valence electrons. The van der Waals surface area contributed by atoms with Crippen molar-refractivity contribution in [3.63, 3.8) is 0 Å². The highest BCUT2D eigenvalue weighted by Gasteiger charge is 2.46. The number of aromatic nitrogens is 1. The van der Waals surface area contributed by atoms with E-state index in [4.69, 9.17) is 21.1 Å². The molecule has 0 saturated carbocycles. The van der Waals surface area contributed by atoms with Crippen molar-refractivity contribution in [2.24, 2.45) is 0 Å². The van der Waals surface area contributed by atoms with Crippen LogP contribution in [0.15, 0.2) is 54.2 Å². The van der Waals surface area contributed by atoms with E-state index in [1.54, 1.807) is 18.3 Å². The Bertz CT molecular complexity index is 1200. The molecule has 0 aliphatic carbocycles. The van der Waals surface area contributed by atoms with Crippen molar-refractivity contribution >= 4 is 40.0 Å². The first kappa shape index (κ1) is 21.0. The van der Waals surface area contributed by atoms with Gasteiger partial charge >= 0.3 is 0 Å². The number of aliphatic hydroxyl groups excluding tert-OH is 1. The number of aliphatic hydroxyl groups is 1. The third-order valence-corrected chi connectivity index (χ3v) is 5.75. The van der Waals surface area contributed by atoms with Gasteiger partial charge in [0.15, 0.2) is 0 Å². The predicted molar refractivity (Wildman–Crippen MR) is 117 cm³/mol. The van der Waals surface area contributed by atoms with Crippen LogP contribution in [0.3, 0.4) is 0 Å². The van der Waals surface area contributed by atoms with Crippen LogP contribution < -0.4 is 4.74 Å². The number of ether oxygens (including phenoxy) is 2. The van der Waals surface area contributed by atoms with Crippen LogP contribution >= 0.6 is 11.6 Å². The Hall–Kier alpha value is -3.29. The summed E-state index contributed by atoms with van der Waals surface area (Å²) in [4.78, 5) is 30.6. The van der Waals surface area contributed by atoms with Crippen LogP contribution in [0.2, 0.25) is 5.02 Å². The number of ketones is 1. The van der Waals surface area contributed by atoms with Gasteiger partial charge in [0.1, 0.15) is 11.5 Å². The van der Waals surface area contributed by atoms with Gasteiger partial charge in [0.2, 0.25) is 0 Å². The maximum atomic E-state index is 13.1. The summed E-state index contributed by atoms with van der Waals surface area (Å²) in [7, 11) is 3.01. The molecule has 4 rings (SSSR count). The smallest absolute Gasteiger partial charge is 0.295 e. The van der Waals surface area contributed by atoms with Crippen molar-refractivity contribution in [2.75, 3.05) is 27.4 Å². The second-order valence-electron chi connectivity index (χ2n) is 7.12. The first-order valence-electron chi connectivity index (χ1n) is 9.65. The van der Waals surface area contributed by atoms with Gasteiger partial charge in [0.25, 0.3) is 11.7 Å².